The lowest BCUT2D eigenvalue weighted by Gasteiger charge is -2.36. The largest absolute Gasteiger partial charge is 0.458 e. The van der Waals surface area contributed by atoms with Crippen LogP contribution in [0.3, 0.4) is 0 Å². The number of aliphatic hydroxyl groups is 2. The summed E-state index contributed by atoms with van der Waals surface area (Å²) in [4.78, 5) is 31.7. The van der Waals surface area contributed by atoms with Crippen LogP contribution in [0.1, 0.15) is 83.0 Å². The molecule has 2 N–H and O–H groups in total. The van der Waals surface area contributed by atoms with E-state index in [4.69, 9.17) is 9.47 Å². The molecule has 3 heterocycles. The molecule has 2 aliphatic heterocycles. The van der Waals surface area contributed by atoms with E-state index in [1.54, 1.807) is 25.2 Å². The molecule has 1 aromatic carbocycles. The highest BCUT2D eigenvalue weighted by molar-refractivity contribution is 7.09. The number of hydrogen-bond acceptors (Lipinski definition) is 8. The van der Waals surface area contributed by atoms with Crippen molar-refractivity contribution in [3.05, 3.63) is 57.6 Å². The van der Waals surface area contributed by atoms with E-state index < -0.39 is 35.6 Å². The Morgan fingerprint density at radius 1 is 1.17 bits per heavy atom. The fourth-order valence-electron chi connectivity index (χ4n) is 5.94. The number of Topliss-reactive ketones (excluding diaryl/α,β-unsaturated/α-hetero) is 1. The van der Waals surface area contributed by atoms with Gasteiger partial charge in [0.2, 0.25) is 0 Å². The van der Waals surface area contributed by atoms with Gasteiger partial charge in [0.05, 0.1) is 46.5 Å². The van der Waals surface area contributed by atoms with E-state index in [1.807, 2.05) is 62.6 Å². The van der Waals surface area contributed by atoms with Gasteiger partial charge in [-0.15, -0.1) is 11.3 Å². The summed E-state index contributed by atoms with van der Waals surface area (Å²) >= 11 is 1.56. The Bertz CT molecular complexity index is 1240. The molecule has 2 fully saturated rings. The van der Waals surface area contributed by atoms with Gasteiger partial charge < -0.3 is 19.7 Å². The third kappa shape index (κ3) is 7.72. The summed E-state index contributed by atoms with van der Waals surface area (Å²) in [5.74, 6) is -1.68. The Kier molecular flexibility index (Phi) is 9.89. The van der Waals surface area contributed by atoms with E-state index in [9.17, 15) is 19.8 Å². The van der Waals surface area contributed by atoms with Gasteiger partial charge >= 0.3 is 5.97 Å². The topological polar surface area (TPSA) is 109 Å². The number of nitrogens with zero attached hydrogens (tertiary/aromatic N) is 1. The number of ketones is 1. The average Bonchev–Trinajstić information content (AvgIpc) is 3.37. The standard InChI is InChI=1S/C33H45NO6S/c1-20-11-10-14-33(6)28(40-33)17-26(21(2)15-24-19-41-22(3)34-24)39-29(36)18-27(35)32(4,5)31(38)25(30(20)37)16-23-12-8-7-9-13-23/h7-9,12-13,15,19-20,25-28,30,35,37H,10-11,14,16-18H2,1-6H3/t20-,25?,26-,27-,28+,30?,33+/m0/s1. The molecule has 0 bridgehead atoms. The number of fused-ring (bicyclic) bond motifs is 1. The molecule has 0 saturated carbocycles. The van der Waals surface area contributed by atoms with Crippen molar-refractivity contribution in [2.24, 2.45) is 17.3 Å². The SMILES string of the molecule is CC(=Cc1csc(C)n1)[C@@H]1C[C@H]2O[C@]2(C)CCC[C@H](C)C(O)C(Cc2ccccc2)C(=O)C(C)(C)[C@@H](O)CC(=O)O1. The normalized spacial score (nSPS) is 33.6. The van der Waals surface area contributed by atoms with Crippen LogP contribution < -0.4 is 0 Å². The fourth-order valence-corrected chi connectivity index (χ4v) is 6.51. The van der Waals surface area contributed by atoms with Gasteiger partial charge in [-0.2, -0.15) is 0 Å². The summed E-state index contributed by atoms with van der Waals surface area (Å²) in [6.45, 7) is 11.2. The van der Waals surface area contributed by atoms with E-state index in [-0.39, 0.29) is 29.8 Å². The van der Waals surface area contributed by atoms with Gasteiger partial charge in [0.25, 0.3) is 0 Å². The van der Waals surface area contributed by atoms with Crippen molar-refractivity contribution in [1.29, 1.82) is 0 Å². The van der Waals surface area contributed by atoms with Crippen LogP contribution in [-0.4, -0.2) is 57.0 Å². The molecule has 0 spiro atoms. The quantitative estimate of drug-likeness (QED) is 0.351. The van der Waals surface area contributed by atoms with Crippen molar-refractivity contribution < 1.29 is 29.3 Å². The molecule has 0 radical (unpaired) electrons. The molecule has 2 saturated heterocycles. The van der Waals surface area contributed by atoms with E-state index in [0.29, 0.717) is 12.8 Å². The zero-order valence-corrected chi connectivity index (χ0v) is 25.9. The Morgan fingerprint density at radius 3 is 2.54 bits per heavy atom. The average molecular weight is 584 g/mol. The number of esters is 1. The third-order valence-electron chi connectivity index (χ3n) is 9.05. The Balaban J connectivity index is 1.61. The number of carbonyl (C=O) groups is 2. The Morgan fingerprint density at radius 2 is 1.88 bits per heavy atom. The van der Waals surface area contributed by atoms with Crippen LogP contribution in [0.5, 0.6) is 0 Å². The second-order valence-electron chi connectivity index (χ2n) is 12.8. The molecule has 7 atom stereocenters. The molecule has 2 aliphatic rings. The van der Waals surface area contributed by atoms with Crippen molar-refractivity contribution in [3.8, 4) is 0 Å². The monoisotopic (exact) mass is 583 g/mol. The van der Waals surface area contributed by atoms with E-state index in [0.717, 1.165) is 41.1 Å². The number of aliphatic hydroxyl groups excluding tert-OH is 2. The van der Waals surface area contributed by atoms with Crippen molar-refractivity contribution in [3.63, 3.8) is 0 Å². The fraction of sp³-hybridized carbons (Fsp3) is 0.606. The van der Waals surface area contributed by atoms with Crippen LogP contribution in [0, 0.1) is 24.2 Å². The Hall–Kier alpha value is -2.39. The molecule has 4 rings (SSSR count). The zero-order valence-electron chi connectivity index (χ0n) is 25.1. The third-order valence-corrected chi connectivity index (χ3v) is 9.84. The van der Waals surface area contributed by atoms with Gasteiger partial charge in [-0.25, -0.2) is 4.98 Å². The lowest BCUT2D eigenvalue weighted by molar-refractivity contribution is -0.154. The maximum absolute atomic E-state index is 14.0. The smallest absolute Gasteiger partial charge is 0.309 e. The van der Waals surface area contributed by atoms with Gasteiger partial charge in [0.1, 0.15) is 11.9 Å². The first-order valence-corrected chi connectivity index (χ1v) is 15.6. The summed E-state index contributed by atoms with van der Waals surface area (Å²) in [7, 11) is 0. The predicted molar refractivity (Wildman–Crippen MR) is 160 cm³/mol. The summed E-state index contributed by atoms with van der Waals surface area (Å²) in [6, 6.07) is 9.63. The number of aromatic nitrogens is 1. The number of cyclic esters (lactones) is 1. The second-order valence-corrected chi connectivity index (χ2v) is 13.8. The van der Waals surface area contributed by atoms with Crippen LogP contribution in [0.15, 0.2) is 41.3 Å². The molecule has 2 unspecified atom stereocenters. The predicted octanol–water partition coefficient (Wildman–Crippen LogP) is 5.70. The van der Waals surface area contributed by atoms with Gasteiger partial charge in [-0.05, 0) is 63.2 Å². The van der Waals surface area contributed by atoms with Gasteiger partial charge in [-0.1, -0.05) is 57.5 Å². The molecule has 1 aromatic heterocycles. The molecule has 8 heteroatoms. The molecule has 0 amide bonds. The summed E-state index contributed by atoms with van der Waals surface area (Å²) < 4.78 is 12.1. The van der Waals surface area contributed by atoms with Crippen molar-refractivity contribution in [2.45, 2.75) is 110 Å². The first kappa shape index (κ1) is 31.5. The lowest BCUT2D eigenvalue weighted by atomic mass is 9.70. The van der Waals surface area contributed by atoms with Crippen LogP contribution in [0.2, 0.25) is 0 Å². The summed E-state index contributed by atoms with van der Waals surface area (Å²) in [5, 5.41) is 25.6. The highest BCUT2D eigenvalue weighted by Gasteiger charge is 2.53. The van der Waals surface area contributed by atoms with Crippen LogP contribution in [-0.2, 0) is 25.5 Å². The van der Waals surface area contributed by atoms with Gasteiger partial charge in [-0.3, -0.25) is 9.59 Å². The number of benzene rings is 1. The highest BCUT2D eigenvalue weighted by atomic mass is 32.1. The first-order chi connectivity index (χ1) is 19.3. The number of thiazole rings is 1. The number of carbonyl (C=O) groups excluding carboxylic acids is 2. The first-order valence-electron chi connectivity index (χ1n) is 14.7. The van der Waals surface area contributed by atoms with Gasteiger partial charge in [0, 0.05) is 17.7 Å². The van der Waals surface area contributed by atoms with E-state index in [2.05, 4.69) is 11.9 Å². The van der Waals surface area contributed by atoms with Gasteiger partial charge in [0.15, 0.2) is 0 Å². The van der Waals surface area contributed by atoms with Crippen LogP contribution >= 0.6 is 11.3 Å². The van der Waals surface area contributed by atoms with Crippen molar-refractivity contribution >= 4 is 29.2 Å². The molecule has 2 aromatic rings. The minimum atomic E-state index is -1.27. The Labute approximate surface area is 248 Å². The zero-order chi connectivity index (χ0) is 29.9. The van der Waals surface area contributed by atoms with Crippen molar-refractivity contribution in [2.75, 3.05) is 0 Å². The minimum absolute atomic E-state index is 0.0669. The van der Waals surface area contributed by atoms with E-state index >= 15 is 0 Å². The minimum Gasteiger partial charge on any atom is -0.458 e. The number of hydrogen-bond donors (Lipinski definition) is 2. The molecule has 7 nitrogen and oxygen atoms in total. The number of epoxide rings is 1. The number of aryl methyl sites for hydroxylation is 1. The van der Waals surface area contributed by atoms with Crippen molar-refractivity contribution in [1.82, 2.24) is 4.98 Å². The highest BCUT2D eigenvalue weighted by Crippen LogP contribution is 2.45. The maximum Gasteiger partial charge on any atom is 0.309 e. The molecule has 41 heavy (non-hydrogen) atoms. The number of ether oxygens (including phenoxy) is 2. The molecule has 0 aliphatic carbocycles. The second kappa shape index (κ2) is 12.9. The van der Waals surface area contributed by atoms with Crippen LogP contribution in [0.4, 0.5) is 0 Å². The summed E-state index contributed by atoms with van der Waals surface area (Å²) in [6.07, 6.45) is 2.09. The molecular weight excluding hydrogens is 538 g/mol. The molecule has 224 valence electrons. The van der Waals surface area contributed by atoms with Crippen LogP contribution in [0.25, 0.3) is 6.08 Å². The lowest BCUT2D eigenvalue weighted by Crippen LogP contribution is -2.47. The maximum atomic E-state index is 14.0. The number of rotatable bonds is 4. The summed E-state index contributed by atoms with van der Waals surface area (Å²) in [5.41, 5.74) is 1.01. The molecular formula is C33H45NO6S. The van der Waals surface area contributed by atoms with E-state index in [1.165, 1.54) is 0 Å².